The van der Waals surface area contributed by atoms with Crippen LogP contribution in [-0.4, -0.2) is 19.7 Å². The molecule has 8 heteroatoms. The highest BCUT2D eigenvalue weighted by Crippen LogP contribution is 2.29. The Kier molecular flexibility index (Phi) is 3.41. The molecule has 2 heterocycles. The Morgan fingerprint density at radius 2 is 2.05 bits per heavy atom. The molecule has 2 N–H and O–H groups in total. The lowest BCUT2D eigenvalue weighted by molar-refractivity contribution is -0.137. The van der Waals surface area contributed by atoms with E-state index in [2.05, 4.69) is 15.1 Å². The van der Waals surface area contributed by atoms with Crippen LogP contribution in [0.3, 0.4) is 0 Å². The summed E-state index contributed by atoms with van der Waals surface area (Å²) in [5, 5.41) is 3.69. The molecule has 0 aliphatic heterocycles. The van der Waals surface area contributed by atoms with Crippen molar-refractivity contribution < 1.29 is 13.2 Å². The molecule has 0 amide bonds. The summed E-state index contributed by atoms with van der Waals surface area (Å²) in [5.41, 5.74) is 5.50. The Balaban J connectivity index is 2.47. The highest BCUT2D eigenvalue weighted by molar-refractivity contribution is 5.48. The number of hydrogen-bond acceptors (Lipinski definition) is 4. The molecule has 5 nitrogen and oxygen atoms in total. The molecule has 2 aromatic rings. The van der Waals surface area contributed by atoms with Crippen LogP contribution in [0.25, 0.3) is 5.82 Å². The quantitative estimate of drug-likeness (QED) is 0.929. The fourth-order valence-electron chi connectivity index (χ4n) is 1.69. The van der Waals surface area contributed by atoms with Gasteiger partial charge in [-0.25, -0.2) is 14.6 Å². The molecule has 0 saturated heterocycles. The highest BCUT2D eigenvalue weighted by Gasteiger charge is 2.32. The molecule has 0 radical (unpaired) electrons. The monoisotopic (exact) mass is 271 g/mol. The summed E-state index contributed by atoms with van der Waals surface area (Å²) in [6.07, 6.45) is -0.226. The summed E-state index contributed by atoms with van der Waals surface area (Å²) >= 11 is 0. The maximum atomic E-state index is 12.5. The molecule has 102 valence electrons. The second-order valence-electron chi connectivity index (χ2n) is 3.98. The van der Waals surface area contributed by atoms with E-state index < -0.39 is 11.7 Å². The number of rotatable bonds is 3. The molecular weight excluding hydrogens is 259 g/mol. The number of hydrogen-bond donors (Lipinski definition) is 1. The molecule has 0 fully saturated rings. The minimum atomic E-state index is -4.43. The normalized spacial score (nSPS) is 11.8. The van der Waals surface area contributed by atoms with Crippen LogP contribution in [-0.2, 0) is 12.6 Å². The van der Waals surface area contributed by atoms with Gasteiger partial charge in [0.15, 0.2) is 5.82 Å². The van der Waals surface area contributed by atoms with E-state index in [4.69, 9.17) is 5.73 Å². The molecule has 0 atom stereocenters. The minimum Gasteiger partial charge on any atom is -0.383 e. The Bertz CT molecular complexity index is 576. The van der Waals surface area contributed by atoms with Crippen molar-refractivity contribution in [2.75, 3.05) is 5.73 Å². The van der Waals surface area contributed by atoms with Gasteiger partial charge in [0, 0.05) is 11.8 Å². The zero-order chi connectivity index (χ0) is 14.0. The van der Waals surface area contributed by atoms with Crippen LogP contribution in [0.15, 0.2) is 18.7 Å². The second-order valence-corrected chi connectivity index (χ2v) is 3.98. The third-order valence-corrected chi connectivity index (χ3v) is 2.58. The first kappa shape index (κ1) is 13.3. The second kappa shape index (κ2) is 4.87. The van der Waals surface area contributed by atoms with Crippen LogP contribution in [0.1, 0.15) is 24.5 Å². The van der Waals surface area contributed by atoms with Crippen LogP contribution in [0, 0.1) is 0 Å². The average molecular weight is 271 g/mol. The number of aromatic nitrogens is 4. The zero-order valence-corrected chi connectivity index (χ0v) is 10.1. The maximum absolute atomic E-state index is 12.5. The van der Waals surface area contributed by atoms with Crippen molar-refractivity contribution >= 4 is 5.82 Å². The minimum absolute atomic E-state index is 0.260. The van der Waals surface area contributed by atoms with Crippen LogP contribution in [0.2, 0.25) is 0 Å². The molecule has 2 rings (SSSR count). The Labute approximate surface area is 107 Å². The van der Waals surface area contributed by atoms with E-state index in [0.29, 0.717) is 12.0 Å². The molecule has 0 bridgehead atoms. The van der Waals surface area contributed by atoms with E-state index in [0.717, 1.165) is 23.5 Å². The largest absolute Gasteiger partial charge is 0.419 e. The van der Waals surface area contributed by atoms with Crippen LogP contribution in [0.5, 0.6) is 0 Å². The van der Waals surface area contributed by atoms with Gasteiger partial charge in [0.25, 0.3) is 0 Å². The molecule has 0 aliphatic carbocycles. The Morgan fingerprint density at radius 1 is 1.32 bits per heavy atom. The van der Waals surface area contributed by atoms with Crippen molar-refractivity contribution in [2.45, 2.75) is 25.9 Å². The fraction of sp³-hybridized carbons (Fsp3) is 0.364. The van der Waals surface area contributed by atoms with E-state index in [1.54, 1.807) is 0 Å². The lowest BCUT2D eigenvalue weighted by atomic mass is 10.1. The standard InChI is InChI=1S/C11H12F3N5/c1-2-3-8-9(15)16-6-17-10(8)19-5-7(4-18-19)11(12,13)14/h4-6H,2-3H2,1H3,(H2,15,16,17). The van der Waals surface area contributed by atoms with Gasteiger partial charge < -0.3 is 5.73 Å². The summed E-state index contributed by atoms with van der Waals surface area (Å²) in [7, 11) is 0. The van der Waals surface area contributed by atoms with Gasteiger partial charge in [0.05, 0.1) is 11.8 Å². The predicted molar refractivity (Wildman–Crippen MR) is 62.6 cm³/mol. The van der Waals surface area contributed by atoms with Gasteiger partial charge in [-0.2, -0.15) is 18.3 Å². The molecule has 0 aromatic carbocycles. The van der Waals surface area contributed by atoms with E-state index in [1.807, 2.05) is 6.92 Å². The van der Waals surface area contributed by atoms with Gasteiger partial charge in [-0.05, 0) is 6.42 Å². The summed E-state index contributed by atoms with van der Waals surface area (Å²) < 4.78 is 38.7. The van der Waals surface area contributed by atoms with Crippen LogP contribution in [0.4, 0.5) is 19.0 Å². The van der Waals surface area contributed by atoms with Gasteiger partial charge in [0.1, 0.15) is 12.1 Å². The van der Waals surface area contributed by atoms with Gasteiger partial charge in [0.2, 0.25) is 0 Å². The third kappa shape index (κ3) is 2.67. The summed E-state index contributed by atoms with van der Waals surface area (Å²) in [6.45, 7) is 1.93. The van der Waals surface area contributed by atoms with Crippen molar-refractivity contribution in [1.29, 1.82) is 0 Å². The number of nitrogens with zero attached hydrogens (tertiary/aromatic N) is 4. The highest BCUT2D eigenvalue weighted by atomic mass is 19.4. The van der Waals surface area contributed by atoms with Crippen LogP contribution < -0.4 is 5.73 Å². The van der Waals surface area contributed by atoms with E-state index >= 15 is 0 Å². The Morgan fingerprint density at radius 3 is 2.63 bits per heavy atom. The first-order valence-electron chi connectivity index (χ1n) is 5.65. The van der Waals surface area contributed by atoms with Gasteiger partial charge >= 0.3 is 6.18 Å². The van der Waals surface area contributed by atoms with Gasteiger partial charge in [-0.1, -0.05) is 13.3 Å². The van der Waals surface area contributed by atoms with Crippen LogP contribution >= 0.6 is 0 Å². The van der Waals surface area contributed by atoms with Crippen molar-refractivity contribution in [3.63, 3.8) is 0 Å². The van der Waals surface area contributed by atoms with Crippen molar-refractivity contribution in [3.8, 4) is 5.82 Å². The number of halogens is 3. The summed E-state index contributed by atoms with van der Waals surface area (Å²) in [6, 6.07) is 0. The first-order valence-corrected chi connectivity index (χ1v) is 5.65. The molecule has 0 saturated carbocycles. The Hall–Kier alpha value is -2.12. The summed E-state index contributed by atoms with van der Waals surface area (Å²) in [4.78, 5) is 7.81. The van der Waals surface area contributed by atoms with Crippen molar-refractivity contribution in [1.82, 2.24) is 19.7 Å². The smallest absolute Gasteiger partial charge is 0.383 e. The maximum Gasteiger partial charge on any atom is 0.419 e. The summed E-state index contributed by atoms with van der Waals surface area (Å²) in [5.74, 6) is 0.542. The number of nitrogens with two attached hydrogens (primary N) is 1. The third-order valence-electron chi connectivity index (χ3n) is 2.58. The van der Waals surface area contributed by atoms with Gasteiger partial charge in [-0.3, -0.25) is 0 Å². The predicted octanol–water partition coefficient (Wildman–Crippen LogP) is 2.22. The average Bonchev–Trinajstić information content (AvgIpc) is 2.81. The lowest BCUT2D eigenvalue weighted by Gasteiger charge is -2.09. The first-order chi connectivity index (χ1) is 8.93. The topological polar surface area (TPSA) is 69.6 Å². The number of nitrogen functional groups attached to an aromatic ring is 1. The number of alkyl halides is 3. The fourth-order valence-corrected chi connectivity index (χ4v) is 1.69. The SMILES string of the molecule is CCCc1c(N)ncnc1-n1cc(C(F)(F)F)cn1. The molecule has 19 heavy (non-hydrogen) atoms. The molecule has 2 aromatic heterocycles. The molecular formula is C11H12F3N5. The van der Waals surface area contributed by atoms with Crippen molar-refractivity contribution in [3.05, 3.63) is 29.8 Å². The number of anilines is 1. The zero-order valence-electron chi connectivity index (χ0n) is 10.1. The van der Waals surface area contributed by atoms with E-state index in [-0.39, 0.29) is 11.6 Å². The molecule has 0 spiro atoms. The molecule has 0 unspecified atom stereocenters. The van der Waals surface area contributed by atoms with Gasteiger partial charge in [-0.15, -0.1) is 0 Å². The van der Waals surface area contributed by atoms with E-state index in [1.165, 1.54) is 6.33 Å². The lowest BCUT2D eigenvalue weighted by Crippen LogP contribution is -2.08. The van der Waals surface area contributed by atoms with Crippen molar-refractivity contribution in [2.24, 2.45) is 0 Å². The molecule has 0 aliphatic rings. The van der Waals surface area contributed by atoms with E-state index in [9.17, 15) is 13.2 Å².